The molecule has 0 heterocycles. The van der Waals surface area contributed by atoms with E-state index in [0.717, 1.165) is 12.0 Å². The van der Waals surface area contributed by atoms with Crippen molar-refractivity contribution in [1.82, 2.24) is 10.6 Å². The number of guanidine groups is 1. The van der Waals surface area contributed by atoms with Gasteiger partial charge in [-0.25, -0.2) is 0 Å². The third kappa shape index (κ3) is 9.52. The predicted molar refractivity (Wildman–Crippen MR) is 96.5 cm³/mol. The molecule has 0 aromatic heterocycles. The summed E-state index contributed by atoms with van der Waals surface area (Å²) in [5.41, 5.74) is 0.923. The largest absolute Gasteiger partial charge is 0.484 e. The first-order valence-electron chi connectivity index (χ1n) is 7.09. The van der Waals surface area contributed by atoms with Gasteiger partial charge in [-0.3, -0.25) is 4.99 Å². The zero-order valence-corrected chi connectivity index (χ0v) is 15.7. The highest BCUT2D eigenvalue weighted by molar-refractivity contribution is 14.0. The summed E-state index contributed by atoms with van der Waals surface area (Å²) < 4.78 is 40.8. The molecule has 8 heteroatoms. The molecule has 0 saturated carbocycles. The molecule has 0 saturated heterocycles. The number of hydrogen-bond acceptors (Lipinski definition) is 2. The number of nitrogens with one attached hydrogen (secondary N) is 2. The molecule has 2 N–H and O–H groups in total. The van der Waals surface area contributed by atoms with Gasteiger partial charge in [0, 0.05) is 19.6 Å². The maximum Gasteiger partial charge on any atom is 0.422 e. The molecule has 0 bridgehead atoms. The van der Waals surface area contributed by atoms with Crippen LogP contribution in [-0.4, -0.2) is 31.8 Å². The molecule has 1 aromatic carbocycles. The van der Waals surface area contributed by atoms with Crippen LogP contribution in [0.2, 0.25) is 0 Å². The molecule has 23 heavy (non-hydrogen) atoms. The Hall–Kier alpha value is -1.19. The Balaban J connectivity index is 0.00000484. The van der Waals surface area contributed by atoms with E-state index in [9.17, 15) is 13.2 Å². The van der Waals surface area contributed by atoms with Gasteiger partial charge in [-0.1, -0.05) is 19.1 Å². The lowest BCUT2D eigenvalue weighted by Crippen LogP contribution is -2.41. The first-order valence-corrected chi connectivity index (χ1v) is 7.09. The molecule has 1 atom stereocenters. The topological polar surface area (TPSA) is 45.7 Å². The van der Waals surface area contributed by atoms with Crippen molar-refractivity contribution in [1.29, 1.82) is 0 Å². The summed E-state index contributed by atoms with van der Waals surface area (Å²) in [6.45, 7) is 3.37. The molecule has 0 aliphatic carbocycles. The summed E-state index contributed by atoms with van der Waals surface area (Å²) in [4.78, 5) is 4.11. The van der Waals surface area contributed by atoms with Crippen LogP contribution >= 0.6 is 24.0 Å². The number of halogens is 4. The van der Waals surface area contributed by atoms with Crippen molar-refractivity contribution in [2.75, 3.05) is 13.7 Å². The van der Waals surface area contributed by atoms with E-state index < -0.39 is 12.8 Å². The van der Waals surface area contributed by atoms with Gasteiger partial charge in [-0.15, -0.1) is 24.0 Å². The molecular weight excluding hydrogens is 422 g/mol. The fourth-order valence-corrected chi connectivity index (χ4v) is 1.58. The molecule has 0 aliphatic heterocycles. The maximum atomic E-state index is 12.0. The molecule has 1 rings (SSSR count). The summed E-state index contributed by atoms with van der Waals surface area (Å²) in [6.07, 6.45) is -3.35. The van der Waals surface area contributed by atoms with Gasteiger partial charge in [0.2, 0.25) is 0 Å². The highest BCUT2D eigenvalue weighted by Crippen LogP contribution is 2.18. The number of aliphatic imine (C=N–C) groups is 1. The molecule has 1 aromatic rings. The third-order valence-electron chi connectivity index (χ3n) is 3.00. The number of alkyl halides is 3. The van der Waals surface area contributed by atoms with Gasteiger partial charge in [0.15, 0.2) is 12.6 Å². The van der Waals surface area contributed by atoms with Gasteiger partial charge < -0.3 is 15.4 Å². The lowest BCUT2D eigenvalue weighted by Gasteiger charge is -2.16. The average Bonchev–Trinajstić information content (AvgIpc) is 2.49. The first-order chi connectivity index (χ1) is 10.3. The molecular formula is C15H23F3IN3O. The highest BCUT2D eigenvalue weighted by atomic mass is 127. The number of benzene rings is 1. The molecule has 1 unspecified atom stereocenters. The fraction of sp³-hybridized carbons (Fsp3) is 0.533. The van der Waals surface area contributed by atoms with Crippen LogP contribution in [0.3, 0.4) is 0 Å². The third-order valence-corrected chi connectivity index (χ3v) is 3.00. The van der Waals surface area contributed by atoms with Crippen molar-refractivity contribution >= 4 is 29.9 Å². The van der Waals surface area contributed by atoms with Gasteiger partial charge in [0.1, 0.15) is 5.75 Å². The Kier molecular flexibility index (Phi) is 10.0. The van der Waals surface area contributed by atoms with E-state index in [0.29, 0.717) is 18.5 Å². The van der Waals surface area contributed by atoms with Crippen LogP contribution in [0.15, 0.2) is 29.3 Å². The minimum Gasteiger partial charge on any atom is -0.484 e. The average molecular weight is 445 g/mol. The lowest BCUT2D eigenvalue weighted by atomic mass is 10.2. The Morgan fingerprint density at radius 2 is 1.87 bits per heavy atom. The maximum absolute atomic E-state index is 12.0. The quantitative estimate of drug-likeness (QED) is 0.399. The van der Waals surface area contributed by atoms with E-state index in [1.54, 1.807) is 19.2 Å². The summed E-state index contributed by atoms with van der Waals surface area (Å²) >= 11 is 0. The minimum atomic E-state index is -4.33. The van der Waals surface area contributed by atoms with E-state index >= 15 is 0 Å². The highest BCUT2D eigenvalue weighted by Gasteiger charge is 2.28. The zero-order valence-electron chi connectivity index (χ0n) is 13.4. The van der Waals surface area contributed by atoms with Gasteiger partial charge in [-0.05, 0) is 31.0 Å². The predicted octanol–water partition coefficient (Wildman–Crippen LogP) is 3.71. The van der Waals surface area contributed by atoms with Crippen molar-refractivity contribution < 1.29 is 17.9 Å². The Morgan fingerprint density at radius 3 is 2.35 bits per heavy atom. The SMILES string of the molecule is CCC(C)NC(=NC)NCc1ccc(OCC(F)(F)F)cc1.I. The molecule has 0 radical (unpaired) electrons. The normalized spacial score (nSPS) is 13.0. The van der Waals surface area contributed by atoms with Crippen LogP contribution in [-0.2, 0) is 6.54 Å². The van der Waals surface area contributed by atoms with Gasteiger partial charge >= 0.3 is 6.18 Å². The van der Waals surface area contributed by atoms with Crippen molar-refractivity contribution in [2.45, 2.75) is 39.0 Å². The first kappa shape index (κ1) is 21.8. The Labute approximate surface area is 151 Å². The second-order valence-electron chi connectivity index (χ2n) is 4.93. The van der Waals surface area contributed by atoms with Gasteiger partial charge in [0.05, 0.1) is 0 Å². The molecule has 0 spiro atoms. The van der Waals surface area contributed by atoms with Crippen LogP contribution in [0.5, 0.6) is 5.75 Å². The molecule has 0 amide bonds. The van der Waals surface area contributed by atoms with Gasteiger partial charge in [-0.2, -0.15) is 13.2 Å². The van der Waals surface area contributed by atoms with Crippen LogP contribution in [0.25, 0.3) is 0 Å². The van der Waals surface area contributed by atoms with Crippen LogP contribution < -0.4 is 15.4 Å². The van der Waals surface area contributed by atoms with Crippen molar-refractivity contribution in [3.05, 3.63) is 29.8 Å². The summed E-state index contributed by atoms with van der Waals surface area (Å²) in [7, 11) is 1.69. The summed E-state index contributed by atoms with van der Waals surface area (Å²) in [5.74, 6) is 0.884. The van der Waals surface area contributed by atoms with Crippen LogP contribution in [0, 0.1) is 0 Å². The second kappa shape index (κ2) is 10.6. The van der Waals surface area contributed by atoms with Crippen LogP contribution in [0.1, 0.15) is 25.8 Å². The van der Waals surface area contributed by atoms with E-state index in [4.69, 9.17) is 0 Å². The van der Waals surface area contributed by atoms with Crippen molar-refractivity contribution in [3.63, 3.8) is 0 Å². The number of nitrogens with zero attached hydrogens (tertiary/aromatic N) is 1. The molecule has 132 valence electrons. The Morgan fingerprint density at radius 1 is 1.26 bits per heavy atom. The molecule has 4 nitrogen and oxygen atoms in total. The smallest absolute Gasteiger partial charge is 0.422 e. The molecule has 0 aliphatic rings. The van der Waals surface area contributed by atoms with E-state index in [1.807, 2.05) is 0 Å². The zero-order chi connectivity index (χ0) is 16.6. The van der Waals surface area contributed by atoms with Crippen molar-refractivity contribution in [3.8, 4) is 5.75 Å². The van der Waals surface area contributed by atoms with E-state index in [1.165, 1.54) is 12.1 Å². The minimum absolute atomic E-state index is 0. The van der Waals surface area contributed by atoms with E-state index in [2.05, 4.69) is 34.2 Å². The number of ether oxygens (including phenoxy) is 1. The van der Waals surface area contributed by atoms with Crippen molar-refractivity contribution in [2.24, 2.45) is 4.99 Å². The molecule has 0 fully saturated rings. The van der Waals surface area contributed by atoms with Gasteiger partial charge in [0.25, 0.3) is 0 Å². The summed E-state index contributed by atoms with van der Waals surface area (Å²) in [5, 5.41) is 6.37. The Bertz CT molecular complexity index is 478. The fourth-order valence-electron chi connectivity index (χ4n) is 1.58. The standard InChI is InChI=1S/C15H22F3N3O.HI/c1-4-11(2)21-14(19-3)20-9-12-5-7-13(8-6-12)22-10-15(16,17)18;/h5-8,11H,4,9-10H2,1-3H3,(H2,19,20,21);1H. The number of hydrogen-bond donors (Lipinski definition) is 2. The second-order valence-corrected chi connectivity index (χ2v) is 4.93. The van der Waals surface area contributed by atoms with Crippen LogP contribution in [0.4, 0.5) is 13.2 Å². The monoisotopic (exact) mass is 445 g/mol. The van der Waals surface area contributed by atoms with E-state index in [-0.39, 0.29) is 29.7 Å². The lowest BCUT2D eigenvalue weighted by molar-refractivity contribution is -0.153. The summed E-state index contributed by atoms with van der Waals surface area (Å²) in [6, 6.07) is 6.79. The number of rotatable bonds is 6.